The van der Waals surface area contributed by atoms with Gasteiger partial charge in [-0.3, -0.25) is 14.5 Å². The lowest BCUT2D eigenvalue weighted by molar-refractivity contribution is -0.135. The van der Waals surface area contributed by atoms with Gasteiger partial charge in [-0.15, -0.1) is 0 Å². The summed E-state index contributed by atoms with van der Waals surface area (Å²) in [5, 5.41) is 7.75. The number of alkyl carbamates (subject to hydrolysis) is 1. The van der Waals surface area contributed by atoms with Gasteiger partial charge in [-0.05, 0) is 82.1 Å². The van der Waals surface area contributed by atoms with Gasteiger partial charge in [-0.2, -0.15) is 0 Å². The van der Waals surface area contributed by atoms with Crippen LogP contribution in [0, 0.1) is 11.7 Å². The van der Waals surface area contributed by atoms with E-state index in [-0.39, 0.29) is 49.4 Å². The fourth-order valence-corrected chi connectivity index (χ4v) is 6.26. The number of urea groups is 1. The standard InChI is InChI=1S/C39H48FN7O7/c1-24(2)33(43-38(51)54-39(4,5)6)36(49)44-19-21-45(22-20-44)47-34(42-30-12-10-9-11-29(30)35(47)48)25(3)46(31-18-17-28(52-7)23-32(31)53-8)37(50)41-27-15-13-26(40)14-16-27/h9-18,23-25,33H,19-22H2,1-8H3,(H,41,50)(H,43,51)/t25?,33-/m0/s1. The minimum atomic E-state index is -0.895. The van der Waals surface area contributed by atoms with E-state index in [1.165, 1.54) is 48.1 Å². The van der Waals surface area contributed by atoms with Crippen LogP contribution in [0.5, 0.6) is 11.5 Å². The number of nitrogens with one attached hydrogen (secondary N) is 2. The number of para-hydroxylation sites is 1. The highest BCUT2D eigenvalue weighted by molar-refractivity contribution is 6.03. The summed E-state index contributed by atoms with van der Waals surface area (Å²) in [6, 6.07) is 15.0. The minimum Gasteiger partial charge on any atom is -0.497 e. The first-order valence-electron chi connectivity index (χ1n) is 17.7. The van der Waals surface area contributed by atoms with Crippen LogP contribution in [0.25, 0.3) is 10.9 Å². The Morgan fingerprint density at radius 2 is 1.57 bits per heavy atom. The van der Waals surface area contributed by atoms with E-state index in [0.29, 0.717) is 33.8 Å². The molecule has 1 aliphatic rings. The summed E-state index contributed by atoms with van der Waals surface area (Å²) in [6.45, 7) is 11.7. The molecule has 1 aromatic heterocycles. The number of nitrogens with zero attached hydrogens (tertiary/aromatic N) is 5. The van der Waals surface area contributed by atoms with Crippen LogP contribution in [0.1, 0.15) is 53.4 Å². The number of fused-ring (bicyclic) bond motifs is 1. The number of aromatic nitrogens is 2. The number of amides is 4. The van der Waals surface area contributed by atoms with Gasteiger partial charge in [0.25, 0.3) is 5.56 Å². The molecule has 1 unspecified atom stereocenters. The molecule has 2 atom stereocenters. The molecule has 15 heteroatoms. The second kappa shape index (κ2) is 16.4. The molecule has 54 heavy (non-hydrogen) atoms. The van der Waals surface area contributed by atoms with Gasteiger partial charge in [0.2, 0.25) is 5.91 Å². The molecule has 0 radical (unpaired) electrons. The first-order chi connectivity index (χ1) is 25.6. The molecule has 0 spiro atoms. The highest BCUT2D eigenvalue weighted by atomic mass is 19.1. The van der Waals surface area contributed by atoms with Crippen molar-refractivity contribution in [2.45, 2.75) is 59.2 Å². The van der Waals surface area contributed by atoms with E-state index in [4.69, 9.17) is 19.2 Å². The Morgan fingerprint density at radius 1 is 0.907 bits per heavy atom. The summed E-state index contributed by atoms with van der Waals surface area (Å²) in [4.78, 5) is 63.1. The van der Waals surface area contributed by atoms with E-state index in [1.807, 2.05) is 18.9 Å². The number of methoxy groups -OCH3 is 2. The topological polar surface area (TPSA) is 148 Å². The van der Waals surface area contributed by atoms with Crippen molar-refractivity contribution in [2.75, 3.05) is 55.6 Å². The fraction of sp³-hybridized carbons (Fsp3) is 0.410. The third-order valence-electron chi connectivity index (χ3n) is 8.96. The predicted octanol–water partition coefficient (Wildman–Crippen LogP) is 5.68. The van der Waals surface area contributed by atoms with Crippen molar-refractivity contribution in [1.29, 1.82) is 0 Å². The quantitative estimate of drug-likeness (QED) is 0.209. The van der Waals surface area contributed by atoms with Gasteiger partial charge in [0.1, 0.15) is 29.0 Å². The first kappa shape index (κ1) is 39.3. The summed E-state index contributed by atoms with van der Waals surface area (Å²) in [7, 11) is 2.98. The highest BCUT2D eigenvalue weighted by Gasteiger charge is 2.35. The predicted molar refractivity (Wildman–Crippen MR) is 204 cm³/mol. The molecule has 3 aromatic carbocycles. The van der Waals surface area contributed by atoms with Crippen LogP contribution in [0.4, 0.5) is 25.4 Å². The van der Waals surface area contributed by atoms with Crippen molar-refractivity contribution in [1.82, 2.24) is 19.9 Å². The lowest BCUT2D eigenvalue weighted by Gasteiger charge is -2.40. The SMILES string of the molecule is COc1ccc(N(C(=O)Nc2ccc(F)cc2)C(C)c2nc3ccccc3c(=O)n2N2CCN(C(=O)[C@@H](NC(=O)OC(C)(C)C)C(C)C)CC2)c(OC)c1. The van der Waals surface area contributed by atoms with Crippen molar-refractivity contribution in [3.63, 3.8) is 0 Å². The van der Waals surface area contributed by atoms with E-state index in [1.54, 1.807) is 75.1 Å². The Hall–Kier alpha value is -5.86. The highest BCUT2D eigenvalue weighted by Crippen LogP contribution is 2.37. The van der Waals surface area contributed by atoms with Gasteiger partial charge in [-0.25, -0.2) is 23.6 Å². The molecule has 1 saturated heterocycles. The maximum absolute atomic E-state index is 14.4. The number of halogens is 1. The number of carbonyl (C=O) groups is 3. The number of hydrogen-bond donors (Lipinski definition) is 2. The van der Waals surface area contributed by atoms with Gasteiger partial charge in [-0.1, -0.05) is 26.0 Å². The Morgan fingerprint density at radius 3 is 2.19 bits per heavy atom. The maximum Gasteiger partial charge on any atom is 0.408 e. The van der Waals surface area contributed by atoms with Gasteiger partial charge in [0, 0.05) is 24.8 Å². The van der Waals surface area contributed by atoms with E-state index in [0.717, 1.165) is 0 Å². The lowest BCUT2D eigenvalue weighted by Crippen LogP contribution is -2.60. The average molecular weight is 746 g/mol. The van der Waals surface area contributed by atoms with Crippen LogP contribution < -0.4 is 35.6 Å². The van der Waals surface area contributed by atoms with Crippen LogP contribution in [0.2, 0.25) is 0 Å². The number of hydrogen-bond acceptors (Lipinski definition) is 9. The van der Waals surface area contributed by atoms with Gasteiger partial charge < -0.3 is 34.8 Å². The molecule has 5 rings (SSSR count). The minimum absolute atomic E-state index is 0.218. The van der Waals surface area contributed by atoms with Crippen molar-refractivity contribution >= 4 is 40.3 Å². The Bertz CT molecular complexity index is 2040. The van der Waals surface area contributed by atoms with Crippen LogP contribution in [-0.4, -0.2) is 84.6 Å². The smallest absolute Gasteiger partial charge is 0.408 e. The number of benzene rings is 3. The van der Waals surface area contributed by atoms with Crippen molar-refractivity contribution in [3.8, 4) is 11.5 Å². The maximum atomic E-state index is 14.4. The molecule has 288 valence electrons. The van der Waals surface area contributed by atoms with Crippen LogP contribution in [-0.2, 0) is 9.53 Å². The van der Waals surface area contributed by atoms with Crippen molar-refractivity contribution in [3.05, 3.63) is 88.7 Å². The summed E-state index contributed by atoms with van der Waals surface area (Å²) in [5.74, 6) is 0.124. The fourth-order valence-electron chi connectivity index (χ4n) is 6.26. The third kappa shape index (κ3) is 8.84. The van der Waals surface area contributed by atoms with E-state index < -0.39 is 35.6 Å². The molecule has 2 N–H and O–H groups in total. The summed E-state index contributed by atoms with van der Waals surface area (Å²) < 4.78 is 31.8. The molecular formula is C39H48FN7O7. The monoisotopic (exact) mass is 745 g/mol. The molecule has 0 aliphatic carbocycles. The number of piperazine rings is 1. The lowest BCUT2D eigenvalue weighted by atomic mass is 10.0. The molecule has 2 heterocycles. The number of ether oxygens (including phenoxy) is 3. The zero-order valence-electron chi connectivity index (χ0n) is 31.9. The van der Waals surface area contributed by atoms with E-state index in [9.17, 15) is 23.6 Å². The Balaban J connectivity index is 1.52. The summed E-state index contributed by atoms with van der Waals surface area (Å²) in [6.07, 6.45) is -0.679. The number of carbonyl (C=O) groups excluding carboxylic acids is 3. The molecule has 1 fully saturated rings. The first-order valence-corrected chi connectivity index (χ1v) is 17.7. The van der Waals surface area contributed by atoms with Crippen molar-refractivity contribution < 1.29 is 33.0 Å². The van der Waals surface area contributed by atoms with Crippen LogP contribution in [0.3, 0.4) is 0 Å². The third-order valence-corrected chi connectivity index (χ3v) is 8.96. The largest absolute Gasteiger partial charge is 0.497 e. The average Bonchev–Trinajstić information content (AvgIpc) is 3.14. The zero-order chi connectivity index (χ0) is 39.3. The van der Waals surface area contributed by atoms with Gasteiger partial charge in [0.05, 0.1) is 49.9 Å². The normalized spacial score (nSPS) is 14.3. The van der Waals surface area contributed by atoms with E-state index in [2.05, 4.69) is 10.6 Å². The molecule has 0 saturated carbocycles. The van der Waals surface area contributed by atoms with Gasteiger partial charge >= 0.3 is 12.1 Å². The summed E-state index contributed by atoms with van der Waals surface area (Å²) in [5.41, 5.74) is 0.0486. The molecule has 4 amide bonds. The molecule has 0 bridgehead atoms. The van der Waals surface area contributed by atoms with Gasteiger partial charge in [0.15, 0.2) is 5.82 Å². The summed E-state index contributed by atoms with van der Waals surface area (Å²) >= 11 is 0. The molecular weight excluding hydrogens is 697 g/mol. The van der Waals surface area contributed by atoms with Crippen molar-refractivity contribution in [2.24, 2.45) is 5.92 Å². The number of rotatable bonds is 10. The number of anilines is 2. The van der Waals surface area contributed by atoms with E-state index >= 15 is 0 Å². The van der Waals surface area contributed by atoms with Crippen LogP contribution in [0.15, 0.2) is 71.5 Å². The Kier molecular flexibility index (Phi) is 12.0. The molecule has 14 nitrogen and oxygen atoms in total. The Labute approximate surface area is 313 Å². The second-order valence-corrected chi connectivity index (χ2v) is 14.3. The second-order valence-electron chi connectivity index (χ2n) is 14.3. The van der Waals surface area contributed by atoms with Crippen LogP contribution >= 0.6 is 0 Å². The molecule has 1 aliphatic heterocycles. The molecule has 4 aromatic rings. The zero-order valence-corrected chi connectivity index (χ0v) is 31.9.